The second-order valence-corrected chi connectivity index (χ2v) is 30.2. The fourth-order valence-electron chi connectivity index (χ4n) is 12.1. The minimum absolute atomic E-state index is 0.794. The molecule has 16 aromatic rings. The first-order chi connectivity index (χ1) is 62.3. The van der Waals surface area contributed by atoms with Crippen LogP contribution in [0.4, 0.5) is 0 Å². The molecule has 0 aliphatic carbocycles. The first-order valence-electron chi connectivity index (χ1n) is 48.3. The average Bonchev–Trinajstić information content (AvgIpc) is 0.787. The van der Waals surface area contributed by atoms with Gasteiger partial charge >= 0.3 is 0 Å². The van der Waals surface area contributed by atoms with Crippen molar-refractivity contribution in [2.45, 2.75) is 322 Å². The summed E-state index contributed by atoms with van der Waals surface area (Å²) in [4.78, 5) is 59.7. The van der Waals surface area contributed by atoms with E-state index in [1.165, 1.54) is 163 Å². The van der Waals surface area contributed by atoms with Crippen molar-refractivity contribution in [3.05, 3.63) is 300 Å². The molecular formula is C114H162N14. The zero-order chi connectivity index (χ0) is 95.1. The number of aryl methyl sites for hydroxylation is 12. The number of nitrogens with zero attached hydrogens (tertiary/aromatic N) is 14. The van der Waals surface area contributed by atoms with E-state index >= 15 is 0 Å². The number of benzene rings is 6. The van der Waals surface area contributed by atoms with Crippen LogP contribution >= 0.6 is 0 Å². The van der Waals surface area contributed by atoms with Gasteiger partial charge in [-0.1, -0.05) is 379 Å². The summed E-state index contributed by atoms with van der Waals surface area (Å²) in [6, 6.07) is 63.2. The Balaban J connectivity index is 0.000000706. The minimum Gasteiger partial charge on any atom is -0.261 e. The van der Waals surface area contributed by atoms with Crippen molar-refractivity contribution in [1.82, 2.24) is 69.8 Å². The van der Waals surface area contributed by atoms with E-state index < -0.39 is 0 Å². The number of fused-ring (bicyclic) bond motifs is 8. The summed E-state index contributed by atoms with van der Waals surface area (Å²) >= 11 is 0. The van der Waals surface area contributed by atoms with Crippen molar-refractivity contribution in [3.63, 3.8) is 0 Å². The van der Waals surface area contributed by atoms with Gasteiger partial charge in [0.15, 0.2) is 0 Å². The standard InChI is InChI=1S/4C13H15N.2C11H11N.2C8H8N4.8C3H8/c1-3-11-9-10-7-5-6-8-12(10)13(4-2)14-11;1-3-10-9-14-13(4-2)12-8-6-5-7-11(10)12;1-3-10-9-11-7-5-6-8-13(11)14-12(10)4-2;1-3-10-9-11(4-2)14-13-8-6-5-7-12(10)13;1-2-11-10-6-4-3-5-9(10)7-8-12-11;1-2-10-8-7-9-5-3-4-6-11(9)12-10;1-2-8-10-4-6-7(12-8)3-9-5-11-6;1-2-6-8-7(11-5-10-6)3-9-4-12-8;8*1-3-2/h4*5-9H,3-4H2,1-2H3;2*3-8H,2H2,1H3;2*3-5H,2H2,1H3;8*3H2,1-2H3. The van der Waals surface area contributed by atoms with E-state index in [1.54, 1.807) is 24.9 Å². The summed E-state index contributed by atoms with van der Waals surface area (Å²) < 4.78 is 0. The SMILES string of the molecule is CCC.CCC.CCC.CCC.CCC.CCC.CCC.CCC.CCc1cc(CC)c2ccccc2n1.CCc1cc2ccccc2c(CC)n1.CCc1cc2ccccc2nc1CC.CCc1ccc2ccccc2n1.CCc1cnc(CC)c2ccccc12.CCc1ncc2ncncc2n1.CCc1nccc2ccccc12.CCc1ncnc2cncnc12. The largest absolute Gasteiger partial charge is 0.261 e. The van der Waals surface area contributed by atoms with E-state index in [1.807, 2.05) is 50.5 Å². The van der Waals surface area contributed by atoms with Gasteiger partial charge in [0.2, 0.25) is 0 Å². The molecule has 16 rings (SSSR count). The van der Waals surface area contributed by atoms with Crippen molar-refractivity contribution in [3.8, 4) is 0 Å². The van der Waals surface area contributed by atoms with Gasteiger partial charge in [-0.15, -0.1) is 0 Å². The van der Waals surface area contributed by atoms with Gasteiger partial charge in [0.1, 0.15) is 46.9 Å². The van der Waals surface area contributed by atoms with E-state index in [0.717, 1.165) is 133 Å². The van der Waals surface area contributed by atoms with E-state index in [9.17, 15) is 0 Å². The maximum atomic E-state index is 4.66. The fraction of sp³-hybridized carbons (Fsp3) is 0.421. The van der Waals surface area contributed by atoms with Crippen LogP contribution in [-0.2, 0) is 77.0 Å². The van der Waals surface area contributed by atoms with E-state index in [0.29, 0.717) is 0 Å². The third-order valence-corrected chi connectivity index (χ3v) is 17.9. The summed E-state index contributed by atoms with van der Waals surface area (Å²) in [5.41, 5.74) is 20.1. The van der Waals surface area contributed by atoms with Crippen LogP contribution in [0.5, 0.6) is 0 Å². The van der Waals surface area contributed by atoms with Gasteiger partial charge in [-0.2, -0.15) is 0 Å². The molecule has 0 aliphatic rings. The van der Waals surface area contributed by atoms with Gasteiger partial charge in [0.25, 0.3) is 0 Å². The maximum Gasteiger partial charge on any atom is 0.128 e. The molecular weight excluding hydrogens is 1570 g/mol. The molecule has 0 radical (unpaired) electrons. The van der Waals surface area contributed by atoms with Gasteiger partial charge < -0.3 is 0 Å². The molecule has 0 bridgehead atoms. The zero-order valence-corrected chi connectivity index (χ0v) is 84.3. The monoisotopic (exact) mass is 1730 g/mol. The second-order valence-electron chi connectivity index (χ2n) is 30.2. The van der Waals surface area contributed by atoms with Crippen LogP contribution < -0.4 is 0 Å². The first kappa shape index (κ1) is 115. The Morgan fingerprint density at radius 3 is 1.16 bits per heavy atom. The number of aromatic nitrogens is 14. The molecule has 10 aromatic heterocycles. The van der Waals surface area contributed by atoms with Crippen molar-refractivity contribution < 1.29 is 0 Å². The third kappa shape index (κ3) is 42.0. The normalized spacial score (nSPS) is 9.72. The highest BCUT2D eigenvalue weighted by Crippen LogP contribution is 2.25. The Hall–Kier alpha value is -11.4. The lowest BCUT2D eigenvalue weighted by molar-refractivity contribution is 0.953. The molecule has 14 nitrogen and oxygen atoms in total. The lowest BCUT2D eigenvalue weighted by Crippen LogP contribution is -1.95. The predicted octanol–water partition coefficient (Wildman–Crippen LogP) is 32.3. The molecule has 6 aromatic carbocycles. The molecule has 14 heteroatoms. The molecule has 688 valence electrons. The van der Waals surface area contributed by atoms with Crippen LogP contribution in [-0.4, -0.2) is 69.8 Å². The van der Waals surface area contributed by atoms with E-state index in [4.69, 9.17) is 0 Å². The Morgan fingerprint density at radius 1 is 0.195 bits per heavy atom. The second kappa shape index (κ2) is 72.6. The summed E-state index contributed by atoms with van der Waals surface area (Å²) in [5, 5.41) is 11.6. The van der Waals surface area contributed by atoms with Gasteiger partial charge in [0.05, 0.1) is 40.8 Å². The molecule has 0 saturated carbocycles. The maximum absolute atomic E-state index is 4.66. The highest BCUT2D eigenvalue weighted by molar-refractivity contribution is 5.88. The number of hydrogen-bond donors (Lipinski definition) is 0. The van der Waals surface area contributed by atoms with E-state index in [2.05, 4.69) is 408 Å². The lowest BCUT2D eigenvalue weighted by atomic mass is 10.0. The molecule has 0 fully saturated rings. The smallest absolute Gasteiger partial charge is 0.128 e. The number of pyridine rings is 6. The van der Waals surface area contributed by atoms with Crippen LogP contribution in [0.3, 0.4) is 0 Å². The van der Waals surface area contributed by atoms with Crippen molar-refractivity contribution in [2.75, 3.05) is 0 Å². The Bertz CT molecular complexity index is 5150. The molecule has 0 aliphatic heterocycles. The van der Waals surface area contributed by atoms with Crippen LogP contribution in [0.15, 0.2) is 232 Å². The Labute approximate surface area is 774 Å². The van der Waals surface area contributed by atoms with Crippen LogP contribution in [0.2, 0.25) is 0 Å². The molecule has 0 spiro atoms. The quantitative estimate of drug-likeness (QED) is 0.113. The first-order valence-corrected chi connectivity index (χ1v) is 48.3. The summed E-state index contributed by atoms with van der Waals surface area (Å²) in [5.74, 6) is 0.831. The fourth-order valence-corrected chi connectivity index (χ4v) is 12.1. The predicted molar refractivity (Wildman–Crippen MR) is 561 cm³/mol. The summed E-state index contributed by atoms with van der Waals surface area (Å²) in [6.07, 6.45) is 35.5. The summed E-state index contributed by atoms with van der Waals surface area (Å²) in [6.45, 7) is 59.7. The highest BCUT2D eigenvalue weighted by Gasteiger charge is 2.09. The van der Waals surface area contributed by atoms with E-state index in [-0.39, 0.29) is 0 Å². The summed E-state index contributed by atoms with van der Waals surface area (Å²) in [7, 11) is 0. The zero-order valence-electron chi connectivity index (χ0n) is 84.3. The molecule has 128 heavy (non-hydrogen) atoms. The van der Waals surface area contributed by atoms with Gasteiger partial charge in [-0.25, -0.2) is 39.9 Å². The van der Waals surface area contributed by atoms with Crippen LogP contribution in [0, 0.1) is 0 Å². The number of hydrogen-bond acceptors (Lipinski definition) is 14. The highest BCUT2D eigenvalue weighted by atomic mass is 14.9. The van der Waals surface area contributed by atoms with Gasteiger partial charge in [-0.3, -0.25) is 29.9 Å². The van der Waals surface area contributed by atoms with Crippen LogP contribution in [0.25, 0.3) is 87.1 Å². The molecule has 0 unspecified atom stereocenters. The topological polar surface area (TPSA) is 180 Å². The molecule has 0 N–H and O–H groups in total. The minimum atomic E-state index is 0.794. The van der Waals surface area contributed by atoms with Gasteiger partial charge in [0, 0.05) is 91.0 Å². The average molecular weight is 1730 g/mol. The molecule has 0 amide bonds. The molecule has 10 heterocycles. The van der Waals surface area contributed by atoms with Crippen LogP contribution in [0.1, 0.15) is 313 Å². The van der Waals surface area contributed by atoms with Gasteiger partial charge in [-0.05, 0) is 152 Å². The van der Waals surface area contributed by atoms with Crippen molar-refractivity contribution in [1.29, 1.82) is 0 Å². The third-order valence-electron chi connectivity index (χ3n) is 17.9. The number of para-hydroxylation sites is 3. The lowest BCUT2D eigenvalue weighted by Gasteiger charge is -2.07. The molecule has 0 saturated heterocycles. The Kier molecular flexibility index (Phi) is 65.0. The van der Waals surface area contributed by atoms with Crippen molar-refractivity contribution >= 4 is 87.1 Å². The number of rotatable bonds is 12. The molecule has 0 atom stereocenters. The Morgan fingerprint density at radius 2 is 0.625 bits per heavy atom. The van der Waals surface area contributed by atoms with Crippen molar-refractivity contribution in [2.24, 2.45) is 0 Å².